The van der Waals surface area contributed by atoms with Gasteiger partial charge in [-0.25, -0.2) is 0 Å². The van der Waals surface area contributed by atoms with Gasteiger partial charge in [-0.1, -0.05) is 23.7 Å². The van der Waals surface area contributed by atoms with E-state index in [0.29, 0.717) is 45.7 Å². The molecule has 32 heavy (non-hydrogen) atoms. The lowest BCUT2D eigenvalue weighted by atomic mass is 9.84. The van der Waals surface area contributed by atoms with Gasteiger partial charge in [0.15, 0.2) is 11.5 Å². The van der Waals surface area contributed by atoms with Crippen LogP contribution < -0.4 is 19.9 Å². The third-order valence-electron chi connectivity index (χ3n) is 5.07. The molecule has 0 saturated carbocycles. The highest BCUT2D eigenvalue weighted by atomic mass is 79.9. The number of ether oxygens (including phenoxy) is 3. The Morgan fingerprint density at radius 2 is 2.12 bits per heavy atom. The third kappa shape index (κ3) is 4.14. The van der Waals surface area contributed by atoms with Crippen molar-refractivity contribution >= 4 is 27.5 Å². The Morgan fingerprint density at radius 3 is 2.84 bits per heavy atom. The van der Waals surface area contributed by atoms with Gasteiger partial charge >= 0.3 is 0 Å². The first-order valence-corrected chi connectivity index (χ1v) is 11.1. The van der Waals surface area contributed by atoms with Crippen LogP contribution in [-0.2, 0) is 6.61 Å². The average molecular weight is 516 g/mol. The number of fused-ring (bicyclic) bond motifs is 1. The maximum Gasteiger partial charge on any atom is 0.244 e. The van der Waals surface area contributed by atoms with Crippen LogP contribution in [0.25, 0.3) is 0 Å². The minimum atomic E-state index is -0.458. The number of hydrogen-bond donors (Lipinski definition) is 2. The number of nitrogens with one attached hydrogen (secondary N) is 1. The summed E-state index contributed by atoms with van der Waals surface area (Å²) in [5, 5.41) is 17.5. The van der Waals surface area contributed by atoms with Crippen molar-refractivity contribution in [1.82, 2.24) is 10.2 Å². The number of benzene rings is 2. The van der Waals surface area contributed by atoms with Crippen LogP contribution in [0.1, 0.15) is 35.2 Å². The van der Waals surface area contributed by atoms with Crippen molar-refractivity contribution in [2.75, 3.05) is 6.61 Å². The molecule has 1 aliphatic heterocycles. The number of halogens is 2. The monoisotopic (exact) mass is 514 g/mol. The standard InChI is InChI=1S/C23H20BrClN4O3/c1-3-30-18-9-14(8-17(24)21(18)31-11-13-5-4-6-15(25)7-13)20-16(10-26)22(27)32-23-19(20)12(2)28-29-23/h4-9,20H,3,11,27H2,1-2H3,(H,28,29)/t20-/m1/s1. The van der Waals surface area contributed by atoms with E-state index >= 15 is 0 Å². The van der Waals surface area contributed by atoms with Crippen molar-refractivity contribution in [3.05, 3.63) is 79.7 Å². The number of aromatic nitrogens is 2. The van der Waals surface area contributed by atoms with Crippen LogP contribution in [0.4, 0.5) is 0 Å². The van der Waals surface area contributed by atoms with E-state index < -0.39 is 5.92 Å². The predicted octanol–water partition coefficient (Wildman–Crippen LogP) is 5.33. The number of allylic oxidation sites excluding steroid dienone is 1. The number of rotatable bonds is 6. The molecule has 9 heteroatoms. The van der Waals surface area contributed by atoms with Crippen LogP contribution in [0.3, 0.4) is 0 Å². The molecule has 0 aliphatic carbocycles. The molecular weight excluding hydrogens is 496 g/mol. The summed E-state index contributed by atoms with van der Waals surface area (Å²) in [6.07, 6.45) is 0. The number of nitrogens with zero attached hydrogens (tertiary/aromatic N) is 2. The van der Waals surface area contributed by atoms with E-state index in [1.54, 1.807) is 0 Å². The van der Waals surface area contributed by atoms with Gasteiger partial charge in [-0.15, -0.1) is 5.10 Å². The van der Waals surface area contributed by atoms with E-state index in [1.165, 1.54) is 0 Å². The minimum Gasteiger partial charge on any atom is -0.490 e. The van der Waals surface area contributed by atoms with Gasteiger partial charge in [-0.2, -0.15) is 5.26 Å². The molecule has 0 bridgehead atoms. The average Bonchev–Trinajstić information content (AvgIpc) is 3.12. The van der Waals surface area contributed by atoms with E-state index in [9.17, 15) is 5.26 Å². The number of H-pyrrole nitrogens is 1. The fourth-order valence-electron chi connectivity index (χ4n) is 3.67. The molecule has 2 heterocycles. The highest BCUT2D eigenvalue weighted by Gasteiger charge is 2.35. The second-order valence-corrected chi connectivity index (χ2v) is 8.46. The molecule has 0 saturated heterocycles. The zero-order valence-electron chi connectivity index (χ0n) is 17.4. The van der Waals surface area contributed by atoms with Crippen molar-refractivity contribution < 1.29 is 14.2 Å². The summed E-state index contributed by atoms with van der Waals surface area (Å²) in [6.45, 7) is 4.53. The molecular formula is C23H20BrClN4O3. The Hall–Kier alpha value is -3.15. The molecule has 7 nitrogen and oxygen atoms in total. The van der Waals surface area contributed by atoms with Crippen LogP contribution in [0.2, 0.25) is 5.02 Å². The Morgan fingerprint density at radius 1 is 1.31 bits per heavy atom. The second-order valence-electron chi connectivity index (χ2n) is 7.17. The fraction of sp³-hybridized carbons (Fsp3) is 0.217. The van der Waals surface area contributed by atoms with E-state index in [0.717, 1.165) is 22.4 Å². The number of nitriles is 1. The number of hydrogen-bond acceptors (Lipinski definition) is 6. The van der Waals surface area contributed by atoms with E-state index in [2.05, 4.69) is 32.2 Å². The normalized spacial score (nSPS) is 15.0. The largest absolute Gasteiger partial charge is 0.490 e. The molecule has 1 atom stereocenters. The van der Waals surface area contributed by atoms with E-state index in [1.807, 2.05) is 50.2 Å². The lowest BCUT2D eigenvalue weighted by molar-refractivity contribution is 0.267. The first kappa shape index (κ1) is 22.1. The molecule has 164 valence electrons. The number of aryl methyl sites for hydroxylation is 1. The molecule has 0 spiro atoms. The maximum atomic E-state index is 9.80. The Labute approximate surface area is 198 Å². The summed E-state index contributed by atoms with van der Waals surface area (Å²) in [4.78, 5) is 0. The van der Waals surface area contributed by atoms with E-state index in [-0.39, 0.29) is 5.88 Å². The topological polar surface area (TPSA) is 106 Å². The lowest BCUT2D eigenvalue weighted by Gasteiger charge is -2.25. The van der Waals surface area contributed by atoms with Crippen molar-refractivity contribution in [2.24, 2.45) is 5.73 Å². The molecule has 0 unspecified atom stereocenters. The molecule has 0 fully saturated rings. The zero-order chi connectivity index (χ0) is 22.8. The highest BCUT2D eigenvalue weighted by molar-refractivity contribution is 9.10. The Balaban J connectivity index is 1.76. The van der Waals surface area contributed by atoms with Gasteiger partial charge in [0.1, 0.15) is 18.2 Å². The Kier molecular flexibility index (Phi) is 6.31. The van der Waals surface area contributed by atoms with Crippen molar-refractivity contribution in [1.29, 1.82) is 5.26 Å². The van der Waals surface area contributed by atoms with Crippen molar-refractivity contribution in [2.45, 2.75) is 26.4 Å². The number of aromatic amines is 1. The third-order valence-corrected chi connectivity index (χ3v) is 5.89. The molecule has 1 aliphatic rings. The number of nitrogens with two attached hydrogens (primary N) is 1. The molecule has 2 aromatic carbocycles. The summed E-state index contributed by atoms with van der Waals surface area (Å²) in [6, 6.07) is 13.4. The first-order chi connectivity index (χ1) is 15.4. The summed E-state index contributed by atoms with van der Waals surface area (Å²) in [5.41, 5.74) is 9.62. The fourth-order valence-corrected chi connectivity index (χ4v) is 4.46. The van der Waals surface area contributed by atoms with Gasteiger partial charge in [0.2, 0.25) is 11.8 Å². The van der Waals surface area contributed by atoms with Crippen LogP contribution in [0.5, 0.6) is 17.4 Å². The van der Waals surface area contributed by atoms with Gasteiger partial charge in [0.05, 0.1) is 17.0 Å². The molecule has 3 aromatic rings. The minimum absolute atomic E-state index is 0.0341. The summed E-state index contributed by atoms with van der Waals surface area (Å²) >= 11 is 9.69. The molecule has 3 N–H and O–H groups in total. The van der Waals surface area contributed by atoms with Gasteiger partial charge in [0, 0.05) is 16.3 Å². The zero-order valence-corrected chi connectivity index (χ0v) is 19.8. The van der Waals surface area contributed by atoms with Crippen molar-refractivity contribution in [3.8, 4) is 23.4 Å². The first-order valence-electron chi connectivity index (χ1n) is 9.88. The molecule has 4 rings (SSSR count). The maximum absolute atomic E-state index is 9.80. The SMILES string of the molecule is CCOc1cc([C@@H]2C(C#N)=C(N)Oc3n[nH]c(C)c32)cc(Br)c1OCc1cccc(Cl)c1. The van der Waals surface area contributed by atoms with Crippen LogP contribution in [0, 0.1) is 18.3 Å². The van der Waals surface area contributed by atoms with Gasteiger partial charge in [0.25, 0.3) is 0 Å². The van der Waals surface area contributed by atoms with Crippen LogP contribution in [0.15, 0.2) is 52.3 Å². The quantitative estimate of drug-likeness (QED) is 0.460. The summed E-state index contributed by atoms with van der Waals surface area (Å²) in [5.74, 6) is 1.04. The summed E-state index contributed by atoms with van der Waals surface area (Å²) in [7, 11) is 0. The van der Waals surface area contributed by atoms with Crippen LogP contribution >= 0.6 is 27.5 Å². The summed E-state index contributed by atoms with van der Waals surface area (Å²) < 4.78 is 18.2. The smallest absolute Gasteiger partial charge is 0.244 e. The van der Waals surface area contributed by atoms with Gasteiger partial charge in [-0.3, -0.25) is 5.10 Å². The predicted molar refractivity (Wildman–Crippen MR) is 124 cm³/mol. The van der Waals surface area contributed by atoms with E-state index in [4.69, 9.17) is 31.5 Å². The van der Waals surface area contributed by atoms with Crippen LogP contribution in [-0.4, -0.2) is 16.8 Å². The second kappa shape index (κ2) is 9.15. The lowest BCUT2D eigenvalue weighted by Crippen LogP contribution is -2.21. The Bertz CT molecular complexity index is 1250. The molecule has 1 aromatic heterocycles. The van der Waals surface area contributed by atoms with Crippen molar-refractivity contribution in [3.63, 3.8) is 0 Å². The molecule has 0 amide bonds. The van der Waals surface area contributed by atoms with Gasteiger partial charge < -0.3 is 19.9 Å². The van der Waals surface area contributed by atoms with Gasteiger partial charge in [-0.05, 0) is 65.2 Å². The highest BCUT2D eigenvalue weighted by Crippen LogP contribution is 2.46. The molecule has 0 radical (unpaired) electrons.